The maximum Gasteiger partial charge on any atom is 0.339 e. The average Bonchev–Trinajstić information content (AvgIpc) is 3.31. The number of aryl methyl sites for hydroxylation is 3. The molecule has 3 aromatic rings. The smallest absolute Gasteiger partial charge is 0.339 e. The van der Waals surface area contributed by atoms with Crippen LogP contribution in [0, 0.1) is 39.0 Å². The van der Waals surface area contributed by atoms with E-state index in [1.54, 1.807) is 6.08 Å². The minimum atomic E-state index is -0.912. The largest absolute Gasteiger partial charge is 0.478 e. The van der Waals surface area contributed by atoms with Crippen LogP contribution in [0.15, 0.2) is 29.8 Å². The van der Waals surface area contributed by atoms with Crippen molar-refractivity contribution in [1.82, 2.24) is 4.57 Å². The van der Waals surface area contributed by atoms with Crippen LogP contribution in [0.25, 0.3) is 11.1 Å². The molecule has 2 N–H and O–H groups in total. The number of aromatic nitrogens is 1. The molecule has 1 amide bonds. The van der Waals surface area contributed by atoms with E-state index >= 15 is 0 Å². The van der Waals surface area contributed by atoms with Crippen LogP contribution in [0.4, 0.5) is 5.69 Å². The highest BCUT2D eigenvalue weighted by Gasteiger charge is 2.27. The first-order valence-electron chi connectivity index (χ1n) is 11.3. The Balaban J connectivity index is 1.73. The van der Waals surface area contributed by atoms with Gasteiger partial charge in [0.1, 0.15) is 16.6 Å². The minimum Gasteiger partial charge on any atom is -0.478 e. The third kappa shape index (κ3) is 4.17. The summed E-state index contributed by atoms with van der Waals surface area (Å²) in [6.07, 6.45) is 5.35. The van der Waals surface area contributed by atoms with Gasteiger partial charge in [-0.1, -0.05) is 12.1 Å². The topological polar surface area (TPSA) is 95.1 Å². The predicted octanol–water partition coefficient (Wildman–Crippen LogP) is 5.90. The average molecular weight is 474 g/mol. The van der Waals surface area contributed by atoms with Crippen LogP contribution >= 0.6 is 11.3 Å². The number of benzene rings is 1. The molecule has 0 fully saturated rings. The van der Waals surface area contributed by atoms with Gasteiger partial charge in [-0.2, -0.15) is 5.26 Å². The van der Waals surface area contributed by atoms with Gasteiger partial charge in [-0.25, -0.2) is 4.79 Å². The summed E-state index contributed by atoms with van der Waals surface area (Å²) in [5.74, 6) is -1.39. The normalized spacial score (nSPS) is 13.3. The van der Waals surface area contributed by atoms with Crippen LogP contribution in [0.5, 0.6) is 0 Å². The van der Waals surface area contributed by atoms with Crippen LogP contribution in [-0.4, -0.2) is 21.6 Å². The number of hydrogen-bond donors (Lipinski definition) is 2. The summed E-state index contributed by atoms with van der Waals surface area (Å²) < 4.78 is 1.94. The van der Waals surface area contributed by atoms with E-state index in [9.17, 15) is 20.0 Å². The molecule has 0 atom stereocenters. The number of rotatable bonds is 5. The highest BCUT2D eigenvalue weighted by atomic mass is 32.1. The summed E-state index contributed by atoms with van der Waals surface area (Å²) in [5, 5.41) is 23.2. The molecule has 0 aliphatic heterocycles. The molecule has 0 bridgehead atoms. The highest BCUT2D eigenvalue weighted by Crippen LogP contribution is 2.39. The van der Waals surface area contributed by atoms with Crippen molar-refractivity contribution < 1.29 is 14.7 Å². The second-order valence-electron chi connectivity index (χ2n) is 8.73. The molecule has 1 aromatic carbocycles. The number of carboxylic acids is 1. The van der Waals surface area contributed by atoms with Gasteiger partial charge in [0.2, 0.25) is 0 Å². The molecule has 0 saturated carbocycles. The van der Waals surface area contributed by atoms with Crippen LogP contribution in [0.1, 0.15) is 61.7 Å². The second-order valence-corrected chi connectivity index (χ2v) is 9.81. The van der Waals surface area contributed by atoms with Crippen molar-refractivity contribution >= 4 is 35.0 Å². The molecule has 0 saturated heterocycles. The number of anilines is 1. The lowest BCUT2D eigenvalue weighted by Gasteiger charge is -2.11. The van der Waals surface area contributed by atoms with E-state index in [0.29, 0.717) is 21.8 Å². The molecule has 1 aliphatic rings. The third-order valence-electron chi connectivity index (χ3n) is 6.56. The third-order valence-corrected chi connectivity index (χ3v) is 7.83. The molecule has 6 nitrogen and oxygen atoms in total. The molecular formula is C27H27N3O3S. The van der Waals surface area contributed by atoms with Crippen LogP contribution in [-0.2, 0) is 17.6 Å². The first kappa shape index (κ1) is 23.5. The lowest BCUT2D eigenvalue weighted by molar-refractivity contribution is -0.112. The van der Waals surface area contributed by atoms with Crippen molar-refractivity contribution in [1.29, 1.82) is 5.26 Å². The fourth-order valence-electron chi connectivity index (χ4n) is 4.56. The highest BCUT2D eigenvalue weighted by molar-refractivity contribution is 7.15. The monoisotopic (exact) mass is 473 g/mol. The van der Waals surface area contributed by atoms with E-state index < -0.39 is 11.9 Å². The Kier molecular flexibility index (Phi) is 6.45. The zero-order chi connectivity index (χ0) is 24.6. The van der Waals surface area contributed by atoms with Crippen molar-refractivity contribution in [2.75, 3.05) is 5.32 Å². The zero-order valence-electron chi connectivity index (χ0n) is 19.8. The van der Waals surface area contributed by atoms with E-state index in [4.69, 9.17) is 0 Å². The van der Waals surface area contributed by atoms with Gasteiger partial charge in [-0.15, -0.1) is 11.3 Å². The summed E-state index contributed by atoms with van der Waals surface area (Å²) in [6, 6.07) is 9.55. The maximum absolute atomic E-state index is 12.9. The molecule has 0 radical (unpaired) electrons. The molecule has 4 rings (SSSR count). The number of thiophene rings is 1. The van der Waals surface area contributed by atoms with Crippen LogP contribution in [0.3, 0.4) is 0 Å². The number of fused-ring (bicyclic) bond motifs is 1. The van der Waals surface area contributed by atoms with Crippen molar-refractivity contribution in [2.45, 2.75) is 53.4 Å². The first-order chi connectivity index (χ1) is 16.2. The number of nitrogens with zero attached hydrogens (tertiary/aromatic N) is 2. The minimum absolute atomic E-state index is 0.00918. The second kappa shape index (κ2) is 9.32. The number of nitrogens with one attached hydrogen (secondary N) is 1. The Morgan fingerprint density at radius 1 is 1.18 bits per heavy atom. The fourth-order valence-corrected chi connectivity index (χ4v) is 6.05. The summed E-state index contributed by atoms with van der Waals surface area (Å²) in [6.45, 7) is 7.70. The van der Waals surface area contributed by atoms with E-state index in [-0.39, 0.29) is 5.57 Å². The van der Waals surface area contributed by atoms with Gasteiger partial charge in [0.15, 0.2) is 0 Å². The molecule has 7 heteroatoms. The Morgan fingerprint density at radius 2 is 1.91 bits per heavy atom. The van der Waals surface area contributed by atoms with Gasteiger partial charge in [-0.05, 0) is 93.8 Å². The number of carbonyl (C=O) groups is 2. The van der Waals surface area contributed by atoms with Crippen LogP contribution in [0.2, 0.25) is 0 Å². The molecule has 0 unspecified atom stereocenters. The predicted molar refractivity (Wildman–Crippen MR) is 135 cm³/mol. The van der Waals surface area contributed by atoms with Crippen molar-refractivity contribution in [2.24, 2.45) is 0 Å². The summed E-state index contributed by atoms with van der Waals surface area (Å²) in [5.41, 5.74) is 6.37. The number of carboxylic acid groups (broad SMARTS) is 1. The summed E-state index contributed by atoms with van der Waals surface area (Å²) >= 11 is 1.54. The SMILES string of the molecule is Cc1cccc(NC(=O)/C(C#N)=C\c2cc(C)n(-c3sc4c(c3C(=O)O)CCCC4)c2C)c1C. The van der Waals surface area contributed by atoms with Gasteiger partial charge < -0.3 is 15.0 Å². The van der Waals surface area contributed by atoms with E-state index in [1.165, 1.54) is 11.3 Å². The van der Waals surface area contributed by atoms with E-state index in [2.05, 4.69) is 5.32 Å². The first-order valence-corrected chi connectivity index (χ1v) is 12.1. The Labute approximate surface area is 203 Å². The number of carbonyl (C=O) groups excluding carboxylic acids is 1. The standard InChI is InChI=1S/C27H27N3O3S/c1-15-8-7-10-22(17(15)3)29-25(31)20(14-28)13-19-12-16(2)30(18(19)4)26-24(27(32)33)21-9-5-6-11-23(21)34-26/h7-8,10,12-13H,5-6,9,11H2,1-4H3,(H,29,31)(H,32,33)/b20-13-. The molecule has 0 spiro atoms. The number of amides is 1. The fraction of sp³-hybridized carbons (Fsp3) is 0.296. The quantitative estimate of drug-likeness (QED) is 0.356. The molecule has 2 aromatic heterocycles. The molecule has 34 heavy (non-hydrogen) atoms. The van der Waals surface area contributed by atoms with E-state index in [1.807, 2.05) is 62.6 Å². The van der Waals surface area contributed by atoms with Gasteiger partial charge in [-0.3, -0.25) is 4.79 Å². The Morgan fingerprint density at radius 3 is 2.62 bits per heavy atom. The van der Waals surface area contributed by atoms with Gasteiger partial charge in [0.05, 0.1) is 5.56 Å². The van der Waals surface area contributed by atoms with Crippen molar-refractivity contribution in [3.8, 4) is 11.1 Å². The molecule has 2 heterocycles. The molecule has 1 aliphatic carbocycles. The summed E-state index contributed by atoms with van der Waals surface area (Å²) in [7, 11) is 0. The van der Waals surface area contributed by atoms with E-state index in [0.717, 1.165) is 58.6 Å². The number of hydrogen-bond acceptors (Lipinski definition) is 4. The van der Waals surface area contributed by atoms with Gasteiger partial charge in [0, 0.05) is 22.0 Å². The molecule has 174 valence electrons. The number of nitriles is 1. The van der Waals surface area contributed by atoms with Crippen molar-refractivity contribution in [3.05, 3.63) is 73.9 Å². The maximum atomic E-state index is 12.9. The molecular weight excluding hydrogens is 446 g/mol. The summed E-state index contributed by atoms with van der Waals surface area (Å²) in [4.78, 5) is 26.2. The van der Waals surface area contributed by atoms with Crippen molar-refractivity contribution in [3.63, 3.8) is 0 Å². The zero-order valence-corrected chi connectivity index (χ0v) is 20.6. The Bertz CT molecular complexity index is 1380. The Hall–Kier alpha value is -3.63. The van der Waals surface area contributed by atoms with Crippen LogP contribution < -0.4 is 5.32 Å². The lowest BCUT2D eigenvalue weighted by Crippen LogP contribution is -2.14. The lowest BCUT2D eigenvalue weighted by atomic mass is 9.95. The van der Waals surface area contributed by atoms with Gasteiger partial charge in [0.25, 0.3) is 5.91 Å². The number of aromatic carboxylic acids is 1. The van der Waals surface area contributed by atoms with Gasteiger partial charge >= 0.3 is 5.97 Å².